The van der Waals surface area contributed by atoms with E-state index in [2.05, 4.69) is 10.5 Å². The van der Waals surface area contributed by atoms with Gasteiger partial charge in [-0.2, -0.15) is 5.10 Å². The number of rotatable bonds is 8. The number of nitrogens with one attached hydrogen (secondary N) is 1. The molecule has 3 aromatic rings. The number of hydrogen-bond donors (Lipinski definition) is 1. The van der Waals surface area contributed by atoms with Crippen molar-refractivity contribution in [1.82, 2.24) is 9.99 Å². The van der Waals surface area contributed by atoms with Gasteiger partial charge in [-0.05, 0) is 68.4 Å². The third kappa shape index (κ3) is 5.78. The van der Waals surface area contributed by atoms with Crippen LogP contribution in [0.3, 0.4) is 0 Å². The van der Waals surface area contributed by atoms with E-state index in [9.17, 15) is 17.6 Å². The van der Waals surface area contributed by atoms with E-state index >= 15 is 0 Å². The molecule has 3 rings (SSSR count). The van der Waals surface area contributed by atoms with Gasteiger partial charge in [-0.15, -0.1) is 0 Å². The van der Waals surface area contributed by atoms with Crippen LogP contribution in [0.1, 0.15) is 17.0 Å². The second-order valence-electron chi connectivity index (χ2n) is 7.40. The minimum Gasteiger partial charge on any atom is -0.497 e. The summed E-state index contributed by atoms with van der Waals surface area (Å²) in [7, 11) is -2.20. The SMILES string of the molecule is COc1ccc(N(CC(=O)N/N=C\c2cc(C)n(-c3ccc(F)cc3)c2C)S(C)(=O)=O)cc1. The number of methoxy groups -OCH3 is 1. The fourth-order valence-electron chi connectivity index (χ4n) is 3.39. The maximum absolute atomic E-state index is 13.2. The molecule has 0 spiro atoms. The van der Waals surface area contributed by atoms with Gasteiger partial charge in [0.15, 0.2) is 0 Å². The third-order valence-corrected chi connectivity index (χ3v) is 6.14. The Morgan fingerprint density at radius 2 is 1.79 bits per heavy atom. The molecule has 1 N–H and O–H groups in total. The second kappa shape index (κ2) is 9.86. The lowest BCUT2D eigenvalue weighted by Gasteiger charge is -2.21. The largest absolute Gasteiger partial charge is 0.497 e. The van der Waals surface area contributed by atoms with Gasteiger partial charge in [-0.1, -0.05) is 0 Å². The van der Waals surface area contributed by atoms with Gasteiger partial charge in [0.1, 0.15) is 18.1 Å². The van der Waals surface area contributed by atoms with Crippen LogP contribution in [0.4, 0.5) is 10.1 Å². The molecular weight excluding hydrogens is 447 g/mol. The van der Waals surface area contributed by atoms with E-state index < -0.39 is 22.5 Å². The van der Waals surface area contributed by atoms with Crippen LogP contribution in [0.25, 0.3) is 5.69 Å². The molecule has 0 saturated carbocycles. The molecule has 0 unspecified atom stereocenters. The summed E-state index contributed by atoms with van der Waals surface area (Å²) in [6.07, 6.45) is 2.51. The van der Waals surface area contributed by atoms with Crippen molar-refractivity contribution in [3.8, 4) is 11.4 Å². The molecule has 0 bridgehead atoms. The highest BCUT2D eigenvalue weighted by Crippen LogP contribution is 2.22. The zero-order valence-electron chi connectivity index (χ0n) is 18.7. The number of hydrazone groups is 1. The van der Waals surface area contributed by atoms with Crippen molar-refractivity contribution >= 4 is 27.8 Å². The maximum Gasteiger partial charge on any atom is 0.260 e. The number of benzene rings is 2. The van der Waals surface area contributed by atoms with Crippen LogP contribution in [-0.2, 0) is 14.8 Å². The number of aryl methyl sites for hydroxylation is 1. The molecule has 174 valence electrons. The zero-order valence-corrected chi connectivity index (χ0v) is 19.6. The highest BCUT2D eigenvalue weighted by Gasteiger charge is 2.20. The zero-order chi connectivity index (χ0) is 24.2. The molecule has 0 aliphatic carbocycles. The Morgan fingerprint density at radius 3 is 2.36 bits per heavy atom. The van der Waals surface area contributed by atoms with Gasteiger partial charge >= 0.3 is 0 Å². The maximum atomic E-state index is 13.2. The van der Waals surface area contributed by atoms with Gasteiger partial charge in [-0.3, -0.25) is 9.10 Å². The molecule has 0 aliphatic rings. The monoisotopic (exact) mass is 472 g/mol. The molecule has 1 heterocycles. The van der Waals surface area contributed by atoms with E-state index in [1.165, 1.54) is 25.5 Å². The van der Waals surface area contributed by atoms with Gasteiger partial charge in [0.05, 0.1) is 25.3 Å². The molecule has 10 heteroatoms. The van der Waals surface area contributed by atoms with Gasteiger partial charge < -0.3 is 9.30 Å². The Bertz CT molecular complexity index is 1270. The predicted octanol–water partition coefficient (Wildman–Crippen LogP) is 3.16. The fourth-order valence-corrected chi connectivity index (χ4v) is 4.25. The smallest absolute Gasteiger partial charge is 0.260 e. The molecule has 1 amide bonds. The molecular formula is C23H25FN4O4S. The minimum absolute atomic E-state index is 0.316. The van der Waals surface area contributed by atoms with Crippen molar-refractivity contribution < 1.29 is 22.3 Å². The van der Waals surface area contributed by atoms with E-state index in [-0.39, 0.29) is 5.82 Å². The minimum atomic E-state index is -3.70. The Labute approximate surface area is 192 Å². The first kappa shape index (κ1) is 24.0. The average Bonchev–Trinajstić information content (AvgIpc) is 3.05. The lowest BCUT2D eigenvalue weighted by Crippen LogP contribution is -2.39. The molecule has 0 atom stereocenters. The van der Waals surface area contributed by atoms with Gasteiger partial charge in [0, 0.05) is 22.6 Å². The first-order chi connectivity index (χ1) is 15.6. The number of nitrogens with zero attached hydrogens (tertiary/aromatic N) is 3. The van der Waals surface area contributed by atoms with E-state index in [1.807, 2.05) is 24.5 Å². The van der Waals surface area contributed by atoms with E-state index in [0.717, 1.165) is 33.2 Å². The van der Waals surface area contributed by atoms with Crippen molar-refractivity contribution in [2.75, 3.05) is 24.2 Å². The van der Waals surface area contributed by atoms with E-state index in [1.54, 1.807) is 36.4 Å². The number of halogens is 1. The van der Waals surface area contributed by atoms with Gasteiger partial charge in [-0.25, -0.2) is 18.2 Å². The van der Waals surface area contributed by atoms with Crippen LogP contribution in [0, 0.1) is 19.7 Å². The van der Waals surface area contributed by atoms with Crippen LogP contribution >= 0.6 is 0 Å². The first-order valence-corrected chi connectivity index (χ1v) is 11.8. The third-order valence-electron chi connectivity index (χ3n) is 5.00. The number of amides is 1. The Balaban J connectivity index is 1.72. The Morgan fingerprint density at radius 1 is 1.15 bits per heavy atom. The number of anilines is 1. The molecule has 1 aromatic heterocycles. The number of sulfonamides is 1. The van der Waals surface area contributed by atoms with Crippen LogP contribution in [0.15, 0.2) is 59.7 Å². The molecule has 8 nitrogen and oxygen atoms in total. The number of aromatic nitrogens is 1. The topological polar surface area (TPSA) is 93.0 Å². The Kier molecular flexibility index (Phi) is 7.17. The van der Waals surface area contributed by atoms with Crippen LogP contribution in [-0.4, -0.2) is 45.0 Å². The van der Waals surface area contributed by atoms with Crippen LogP contribution in [0.2, 0.25) is 0 Å². The standard InChI is InChI=1S/C23H25FN4O4S/c1-16-13-18(17(2)28(16)21-7-5-19(24)6-8-21)14-25-26-23(29)15-27(33(4,30)31)20-9-11-22(32-3)12-10-20/h5-14H,15H2,1-4H3,(H,26,29)/b25-14-. The molecule has 33 heavy (non-hydrogen) atoms. The summed E-state index contributed by atoms with van der Waals surface area (Å²) in [5, 5.41) is 3.98. The summed E-state index contributed by atoms with van der Waals surface area (Å²) in [5.74, 6) is -0.345. The molecule has 0 fully saturated rings. The Hall–Kier alpha value is -3.66. The summed E-state index contributed by atoms with van der Waals surface area (Å²) >= 11 is 0. The summed E-state index contributed by atoms with van der Waals surface area (Å²) in [6, 6.07) is 14.3. The van der Waals surface area contributed by atoms with E-state index in [0.29, 0.717) is 11.4 Å². The fraction of sp³-hybridized carbons (Fsp3) is 0.217. The summed E-state index contributed by atoms with van der Waals surface area (Å²) in [5.41, 5.74) is 6.03. The highest BCUT2D eigenvalue weighted by molar-refractivity contribution is 7.92. The first-order valence-electron chi connectivity index (χ1n) is 9.98. The molecule has 0 radical (unpaired) electrons. The van der Waals surface area contributed by atoms with E-state index in [4.69, 9.17) is 4.74 Å². The average molecular weight is 473 g/mol. The normalized spacial score (nSPS) is 11.5. The van der Waals surface area contributed by atoms with Crippen molar-refractivity contribution in [2.24, 2.45) is 5.10 Å². The predicted molar refractivity (Wildman–Crippen MR) is 126 cm³/mol. The van der Waals surface area contributed by atoms with Crippen LogP contribution < -0.4 is 14.5 Å². The highest BCUT2D eigenvalue weighted by atomic mass is 32.2. The number of carbonyl (C=O) groups is 1. The number of carbonyl (C=O) groups excluding carboxylic acids is 1. The summed E-state index contributed by atoms with van der Waals surface area (Å²) in [6.45, 7) is 3.36. The summed E-state index contributed by atoms with van der Waals surface area (Å²) in [4.78, 5) is 12.4. The second-order valence-corrected chi connectivity index (χ2v) is 9.31. The molecule has 0 saturated heterocycles. The number of hydrogen-bond acceptors (Lipinski definition) is 5. The van der Waals surface area contributed by atoms with Gasteiger partial charge in [0.25, 0.3) is 5.91 Å². The quantitative estimate of drug-likeness (QED) is 0.403. The van der Waals surface area contributed by atoms with Crippen molar-refractivity contribution in [3.63, 3.8) is 0 Å². The lowest BCUT2D eigenvalue weighted by molar-refractivity contribution is -0.119. The molecule has 0 aliphatic heterocycles. The van der Waals surface area contributed by atoms with Crippen molar-refractivity contribution in [2.45, 2.75) is 13.8 Å². The molecule has 2 aromatic carbocycles. The van der Waals surface area contributed by atoms with Gasteiger partial charge in [0.2, 0.25) is 10.0 Å². The van der Waals surface area contributed by atoms with Crippen LogP contribution in [0.5, 0.6) is 5.75 Å². The lowest BCUT2D eigenvalue weighted by atomic mass is 10.2. The summed E-state index contributed by atoms with van der Waals surface area (Å²) < 4.78 is 45.7. The number of ether oxygens (including phenoxy) is 1. The van der Waals surface area contributed by atoms with Crippen molar-refractivity contribution in [3.05, 3.63) is 77.4 Å². The van der Waals surface area contributed by atoms with Crippen molar-refractivity contribution in [1.29, 1.82) is 0 Å².